The van der Waals surface area contributed by atoms with Gasteiger partial charge in [-0.2, -0.15) is 0 Å². The number of carbonyl (C=O) groups is 1. The number of ether oxygens (including phenoxy) is 2. The Morgan fingerprint density at radius 2 is 1.81 bits per heavy atom. The van der Waals surface area contributed by atoms with Crippen molar-refractivity contribution in [3.63, 3.8) is 0 Å². The van der Waals surface area contributed by atoms with E-state index in [-0.39, 0.29) is 27.1 Å². The van der Waals surface area contributed by atoms with Crippen LogP contribution in [0.2, 0.25) is 5.02 Å². The summed E-state index contributed by atoms with van der Waals surface area (Å²) < 4.78 is 37.3. The van der Waals surface area contributed by atoms with Crippen molar-refractivity contribution in [3.05, 3.63) is 53.1 Å². The summed E-state index contributed by atoms with van der Waals surface area (Å²) in [6.45, 7) is 0.995. The van der Waals surface area contributed by atoms with Gasteiger partial charge in [0.1, 0.15) is 5.75 Å². The lowest BCUT2D eigenvalue weighted by molar-refractivity contribution is 0.0949. The molecule has 0 aliphatic carbocycles. The minimum Gasteiger partial charge on any atom is -0.497 e. The van der Waals surface area contributed by atoms with E-state index in [2.05, 4.69) is 10.0 Å². The summed E-state index contributed by atoms with van der Waals surface area (Å²) >= 11 is 6.14. The maximum atomic E-state index is 12.4. The number of nitrogens with one attached hydrogen (secondary N) is 2. The molecule has 2 N–H and O–H groups in total. The van der Waals surface area contributed by atoms with Crippen molar-refractivity contribution in [3.8, 4) is 5.75 Å². The molecule has 9 heteroatoms. The number of amides is 1. The van der Waals surface area contributed by atoms with Gasteiger partial charge in [-0.1, -0.05) is 11.6 Å². The predicted octanol–water partition coefficient (Wildman–Crippen LogP) is 2.92. The molecule has 0 fully saturated rings. The van der Waals surface area contributed by atoms with Crippen LogP contribution in [0.25, 0.3) is 0 Å². The molecule has 0 aromatic heterocycles. The lowest BCUT2D eigenvalue weighted by Crippen LogP contribution is -2.25. The second-order valence-corrected chi connectivity index (χ2v) is 7.67. The highest BCUT2D eigenvalue weighted by Gasteiger charge is 2.16. The van der Waals surface area contributed by atoms with Crippen LogP contribution in [0.4, 0.5) is 5.69 Å². The molecule has 0 bridgehead atoms. The van der Waals surface area contributed by atoms with Gasteiger partial charge in [0.05, 0.1) is 28.3 Å². The molecule has 0 aliphatic heterocycles. The zero-order chi connectivity index (χ0) is 19.9. The van der Waals surface area contributed by atoms with Crippen LogP contribution < -0.4 is 14.8 Å². The third-order valence-electron chi connectivity index (χ3n) is 3.65. The van der Waals surface area contributed by atoms with Gasteiger partial charge in [0.15, 0.2) is 0 Å². The van der Waals surface area contributed by atoms with Crippen molar-refractivity contribution >= 4 is 33.2 Å². The highest BCUT2D eigenvalue weighted by atomic mass is 35.5. The largest absolute Gasteiger partial charge is 0.497 e. The first-order valence-corrected chi connectivity index (χ1v) is 9.97. The molecule has 0 radical (unpaired) electrons. The number of carbonyl (C=O) groups excluding carboxylic acids is 1. The number of anilines is 1. The Bertz CT molecular complexity index is 885. The lowest BCUT2D eigenvalue weighted by atomic mass is 10.2. The highest BCUT2D eigenvalue weighted by molar-refractivity contribution is 7.92. The maximum absolute atomic E-state index is 12.4. The van der Waals surface area contributed by atoms with E-state index in [1.807, 2.05) is 0 Å². The molecule has 0 saturated heterocycles. The summed E-state index contributed by atoms with van der Waals surface area (Å²) in [5, 5.41) is 2.87. The number of rotatable bonds is 9. The van der Waals surface area contributed by atoms with Crippen molar-refractivity contribution in [2.24, 2.45) is 0 Å². The first-order chi connectivity index (χ1) is 12.9. The molecule has 146 valence electrons. The van der Waals surface area contributed by atoms with Crippen molar-refractivity contribution in [2.75, 3.05) is 32.1 Å². The number of methoxy groups -OCH3 is 2. The number of hydrogen-bond acceptors (Lipinski definition) is 5. The molecule has 2 rings (SSSR count). The Hall–Kier alpha value is -2.29. The van der Waals surface area contributed by atoms with Crippen molar-refractivity contribution in [2.45, 2.75) is 11.3 Å². The molecule has 2 aromatic carbocycles. The summed E-state index contributed by atoms with van der Waals surface area (Å²) in [7, 11) is -0.701. The van der Waals surface area contributed by atoms with Crippen LogP contribution in [0.15, 0.2) is 47.4 Å². The molecular formula is C18H21ClN2O5S. The first-order valence-electron chi connectivity index (χ1n) is 8.11. The molecule has 0 atom stereocenters. The minimum atomic E-state index is -3.79. The Morgan fingerprint density at radius 3 is 2.41 bits per heavy atom. The summed E-state index contributed by atoms with van der Waals surface area (Å²) in [6, 6.07) is 10.3. The Balaban J connectivity index is 2.08. The van der Waals surface area contributed by atoms with Gasteiger partial charge in [0.2, 0.25) is 0 Å². The van der Waals surface area contributed by atoms with Gasteiger partial charge in [-0.15, -0.1) is 0 Å². The van der Waals surface area contributed by atoms with Gasteiger partial charge in [-0.05, 0) is 48.9 Å². The fourth-order valence-corrected chi connectivity index (χ4v) is 3.56. The van der Waals surface area contributed by atoms with Gasteiger partial charge >= 0.3 is 0 Å². The number of halogens is 1. The van der Waals surface area contributed by atoms with Crippen molar-refractivity contribution in [1.82, 2.24) is 5.32 Å². The van der Waals surface area contributed by atoms with E-state index >= 15 is 0 Å². The Morgan fingerprint density at radius 1 is 1.11 bits per heavy atom. The lowest BCUT2D eigenvalue weighted by Gasteiger charge is -2.11. The van der Waals surface area contributed by atoms with Crippen LogP contribution in [0.1, 0.15) is 16.8 Å². The highest BCUT2D eigenvalue weighted by Crippen LogP contribution is 2.24. The molecule has 0 heterocycles. The van der Waals surface area contributed by atoms with Crippen LogP contribution in [-0.4, -0.2) is 41.7 Å². The topological polar surface area (TPSA) is 93.7 Å². The van der Waals surface area contributed by atoms with Gasteiger partial charge in [-0.3, -0.25) is 9.52 Å². The molecule has 1 amide bonds. The summed E-state index contributed by atoms with van der Waals surface area (Å²) in [6.07, 6.45) is 0.680. The van der Waals surface area contributed by atoms with E-state index in [1.54, 1.807) is 19.2 Å². The predicted molar refractivity (Wildman–Crippen MR) is 104 cm³/mol. The van der Waals surface area contributed by atoms with Gasteiger partial charge in [-0.25, -0.2) is 8.42 Å². The quantitative estimate of drug-likeness (QED) is 0.617. The fraction of sp³-hybridized carbons (Fsp3) is 0.278. The normalized spacial score (nSPS) is 11.1. The molecule has 0 aliphatic rings. The van der Waals surface area contributed by atoms with Crippen LogP contribution in [-0.2, 0) is 14.8 Å². The average molecular weight is 413 g/mol. The third-order valence-corrected chi connectivity index (χ3v) is 5.36. The zero-order valence-corrected chi connectivity index (χ0v) is 16.6. The van der Waals surface area contributed by atoms with E-state index in [0.717, 1.165) is 0 Å². The molecule has 2 aromatic rings. The molecule has 27 heavy (non-hydrogen) atoms. The van der Waals surface area contributed by atoms with Gasteiger partial charge < -0.3 is 14.8 Å². The van der Waals surface area contributed by atoms with Crippen LogP contribution in [0.5, 0.6) is 5.75 Å². The van der Waals surface area contributed by atoms with Crippen molar-refractivity contribution < 1.29 is 22.7 Å². The second-order valence-electron chi connectivity index (χ2n) is 5.58. The van der Waals surface area contributed by atoms with E-state index in [4.69, 9.17) is 21.1 Å². The summed E-state index contributed by atoms with van der Waals surface area (Å²) in [5.74, 6) is 0.221. The van der Waals surface area contributed by atoms with E-state index in [9.17, 15) is 13.2 Å². The fourth-order valence-electron chi connectivity index (χ4n) is 2.25. The number of benzene rings is 2. The molecule has 0 spiro atoms. The van der Waals surface area contributed by atoms with E-state index in [0.29, 0.717) is 25.3 Å². The summed E-state index contributed by atoms with van der Waals surface area (Å²) in [4.78, 5) is 12.2. The van der Waals surface area contributed by atoms with Crippen LogP contribution in [0.3, 0.4) is 0 Å². The zero-order valence-electron chi connectivity index (χ0n) is 15.0. The average Bonchev–Trinajstić information content (AvgIpc) is 2.65. The minimum absolute atomic E-state index is 0.0828. The second kappa shape index (κ2) is 9.59. The SMILES string of the molecule is COCCCNC(=O)c1ccc(NS(=O)(=O)c2ccc(OC)cc2)cc1Cl. The van der Waals surface area contributed by atoms with Crippen molar-refractivity contribution in [1.29, 1.82) is 0 Å². The van der Waals surface area contributed by atoms with Gasteiger partial charge in [0.25, 0.3) is 15.9 Å². The smallest absolute Gasteiger partial charge is 0.261 e. The molecule has 0 unspecified atom stereocenters. The summed E-state index contributed by atoms with van der Waals surface area (Å²) in [5.41, 5.74) is 0.522. The van der Waals surface area contributed by atoms with E-state index < -0.39 is 10.0 Å². The molecule has 7 nitrogen and oxygen atoms in total. The Kier molecular flexibility index (Phi) is 7.46. The van der Waals surface area contributed by atoms with Crippen LogP contribution in [0, 0.1) is 0 Å². The maximum Gasteiger partial charge on any atom is 0.261 e. The van der Waals surface area contributed by atoms with E-state index in [1.165, 1.54) is 37.4 Å². The first kappa shape index (κ1) is 21.0. The van der Waals surface area contributed by atoms with Gasteiger partial charge in [0, 0.05) is 20.3 Å². The third kappa shape index (κ3) is 5.85. The number of sulfonamides is 1. The Labute approximate surface area is 163 Å². The molecular weight excluding hydrogens is 392 g/mol. The monoisotopic (exact) mass is 412 g/mol. The standard InChI is InChI=1S/C18H21ClN2O5S/c1-25-11-3-10-20-18(22)16-9-4-13(12-17(16)19)21-27(23,24)15-7-5-14(26-2)6-8-15/h4-9,12,21H,3,10-11H2,1-2H3,(H,20,22). The molecule has 0 saturated carbocycles. The number of hydrogen-bond donors (Lipinski definition) is 2. The van der Waals surface area contributed by atoms with Crippen LogP contribution >= 0.6 is 11.6 Å².